The maximum absolute atomic E-state index is 11.8. The quantitative estimate of drug-likeness (QED) is 0.759. The average Bonchev–Trinajstić information content (AvgIpc) is 2.74. The predicted octanol–water partition coefficient (Wildman–Crippen LogP) is 2.11. The van der Waals surface area contributed by atoms with E-state index in [9.17, 15) is 9.59 Å². The SMILES string of the molecule is CCNC(=O)Cn1c(SCC(=O)O)nc2cc(Br)ccc21. The summed E-state index contributed by atoms with van der Waals surface area (Å²) in [6, 6.07) is 5.56. The third-order valence-electron chi connectivity index (χ3n) is 2.68. The molecule has 2 rings (SSSR count). The van der Waals surface area contributed by atoms with Gasteiger partial charge in [0.25, 0.3) is 0 Å². The Morgan fingerprint density at radius 3 is 2.90 bits per heavy atom. The van der Waals surface area contributed by atoms with Crippen LogP contribution in [0.3, 0.4) is 0 Å². The van der Waals surface area contributed by atoms with Crippen molar-refractivity contribution in [3.8, 4) is 0 Å². The number of hydrogen-bond donors (Lipinski definition) is 2. The molecule has 0 atom stereocenters. The molecule has 0 aliphatic carbocycles. The van der Waals surface area contributed by atoms with Crippen LogP contribution in [0.15, 0.2) is 27.8 Å². The number of likely N-dealkylation sites (N-methyl/N-ethyl adjacent to an activating group) is 1. The lowest BCUT2D eigenvalue weighted by molar-refractivity contribution is -0.133. The summed E-state index contributed by atoms with van der Waals surface area (Å²) < 4.78 is 2.62. The van der Waals surface area contributed by atoms with Gasteiger partial charge in [-0.3, -0.25) is 9.59 Å². The van der Waals surface area contributed by atoms with Gasteiger partial charge in [0, 0.05) is 11.0 Å². The summed E-state index contributed by atoms with van der Waals surface area (Å²) in [5, 5.41) is 12.1. The van der Waals surface area contributed by atoms with Crippen LogP contribution in [0.4, 0.5) is 0 Å². The fourth-order valence-electron chi connectivity index (χ4n) is 1.87. The van der Waals surface area contributed by atoms with E-state index in [-0.39, 0.29) is 18.2 Å². The minimum atomic E-state index is -0.919. The molecule has 0 radical (unpaired) electrons. The smallest absolute Gasteiger partial charge is 0.313 e. The highest BCUT2D eigenvalue weighted by atomic mass is 79.9. The molecule has 1 aromatic heterocycles. The topological polar surface area (TPSA) is 84.2 Å². The fourth-order valence-corrected chi connectivity index (χ4v) is 2.95. The minimum absolute atomic E-state index is 0.0973. The number of aromatic nitrogens is 2. The van der Waals surface area contributed by atoms with Gasteiger partial charge in [-0.25, -0.2) is 4.98 Å². The second-order valence-corrected chi connectivity index (χ2v) is 6.11. The first kappa shape index (κ1) is 15.8. The number of hydrogen-bond acceptors (Lipinski definition) is 4. The van der Waals surface area contributed by atoms with Crippen LogP contribution in [0.2, 0.25) is 0 Å². The van der Waals surface area contributed by atoms with Gasteiger partial charge in [-0.1, -0.05) is 27.7 Å². The zero-order valence-electron chi connectivity index (χ0n) is 11.3. The predicted molar refractivity (Wildman–Crippen MR) is 84.5 cm³/mol. The molecule has 0 saturated carbocycles. The molecule has 1 amide bonds. The number of fused-ring (bicyclic) bond motifs is 1. The van der Waals surface area contributed by atoms with Crippen LogP contribution in [0.1, 0.15) is 6.92 Å². The van der Waals surface area contributed by atoms with Crippen molar-refractivity contribution in [2.24, 2.45) is 0 Å². The number of carbonyl (C=O) groups is 2. The number of rotatable bonds is 6. The molecule has 6 nitrogen and oxygen atoms in total. The van der Waals surface area contributed by atoms with Crippen LogP contribution in [0.5, 0.6) is 0 Å². The van der Waals surface area contributed by atoms with E-state index in [1.807, 2.05) is 25.1 Å². The molecule has 2 N–H and O–H groups in total. The van der Waals surface area contributed by atoms with Crippen LogP contribution >= 0.6 is 27.7 Å². The number of imidazole rings is 1. The summed E-state index contributed by atoms with van der Waals surface area (Å²) >= 11 is 4.48. The molecule has 0 spiro atoms. The number of benzene rings is 1. The molecule has 2 aromatic rings. The first-order valence-corrected chi connectivity index (χ1v) is 8.06. The molecule has 0 fully saturated rings. The Labute approximate surface area is 134 Å². The minimum Gasteiger partial charge on any atom is -0.481 e. The molecular formula is C13H14BrN3O3S. The van der Waals surface area contributed by atoms with E-state index in [1.165, 1.54) is 0 Å². The normalized spacial score (nSPS) is 10.8. The van der Waals surface area contributed by atoms with Crippen LogP contribution in [-0.4, -0.2) is 38.8 Å². The number of amides is 1. The van der Waals surface area contributed by atoms with Crippen molar-refractivity contribution in [3.63, 3.8) is 0 Å². The van der Waals surface area contributed by atoms with Gasteiger partial charge in [0.1, 0.15) is 6.54 Å². The Morgan fingerprint density at radius 2 is 2.24 bits per heavy atom. The Hall–Kier alpha value is -1.54. The number of carboxylic acids is 1. The fraction of sp³-hybridized carbons (Fsp3) is 0.308. The highest BCUT2D eigenvalue weighted by molar-refractivity contribution is 9.10. The second kappa shape index (κ2) is 6.95. The Morgan fingerprint density at radius 1 is 1.48 bits per heavy atom. The number of nitrogens with zero attached hydrogens (tertiary/aromatic N) is 2. The number of aliphatic carboxylic acids is 1. The monoisotopic (exact) mass is 371 g/mol. The van der Waals surface area contributed by atoms with Crippen molar-refractivity contribution in [1.29, 1.82) is 0 Å². The van der Waals surface area contributed by atoms with E-state index in [4.69, 9.17) is 5.11 Å². The molecule has 112 valence electrons. The molecule has 0 unspecified atom stereocenters. The summed E-state index contributed by atoms with van der Waals surface area (Å²) in [6.07, 6.45) is 0. The lowest BCUT2D eigenvalue weighted by Crippen LogP contribution is -2.27. The van der Waals surface area contributed by atoms with Crippen LogP contribution < -0.4 is 5.32 Å². The zero-order chi connectivity index (χ0) is 15.4. The first-order valence-electron chi connectivity index (χ1n) is 6.28. The number of nitrogens with one attached hydrogen (secondary N) is 1. The van der Waals surface area contributed by atoms with Crippen LogP contribution in [0, 0.1) is 0 Å². The summed E-state index contributed by atoms with van der Waals surface area (Å²) in [4.78, 5) is 27.0. The van der Waals surface area contributed by atoms with Gasteiger partial charge in [-0.15, -0.1) is 0 Å². The van der Waals surface area contributed by atoms with Gasteiger partial charge in [0.05, 0.1) is 16.8 Å². The molecule has 0 saturated heterocycles. The van der Waals surface area contributed by atoms with E-state index in [2.05, 4.69) is 26.2 Å². The number of carboxylic acid groups (broad SMARTS) is 1. The van der Waals surface area contributed by atoms with E-state index < -0.39 is 5.97 Å². The Kier molecular flexibility index (Phi) is 5.24. The molecule has 8 heteroatoms. The van der Waals surface area contributed by atoms with Crippen LogP contribution in [0.25, 0.3) is 11.0 Å². The second-order valence-electron chi connectivity index (χ2n) is 4.25. The summed E-state index contributed by atoms with van der Waals surface area (Å²) in [7, 11) is 0. The lowest BCUT2D eigenvalue weighted by atomic mass is 10.3. The molecule has 0 aliphatic heterocycles. The molecular weight excluding hydrogens is 358 g/mol. The van der Waals surface area contributed by atoms with E-state index >= 15 is 0 Å². The first-order chi connectivity index (χ1) is 10.0. The van der Waals surface area contributed by atoms with Crippen LogP contribution in [-0.2, 0) is 16.1 Å². The highest BCUT2D eigenvalue weighted by Crippen LogP contribution is 2.26. The van der Waals surface area contributed by atoms with E-state index in [0.29, 0.717) is 11.7 Å². The summed E-state index contributed by atoms with van der Waals surface area (Å²) in [6.45, 7) is 2.52. The maximum Gasteiger partial charge on any atom is 0.313 e. The third-order valence-corrected chi connectivity index (χ3v) is 4.13. The lowest BCUT2D eigenvalue weighted by Gasteiger charge is -2.08. The number of thioether (sulfide) groups is 1. The van der Waals surface area contributed by atoms with Crippen molar-refractivity contribution in [2.75, 3.05) is 12.3 Å². The van der Waals surface area contributed by atoms with E-state index in [0.717, 1.165) is 27.3 Å². The van der Waals surface area contributed by atoms with Gasteiger partial charge in [0.2, 0.25) is 5.91 Å². The van der Waals surface area contributed by atoms with Gasteiger partial charge in [0.15, 0.2) is 5.16 Å². The maximum atomic E-state index is 11.8. The van der Waals surface area contributed by atoms with Crippen molar-refractivity contribution >= 4 is 50.6 Å². The standard InChI is InChI=1S/C13H14BrN3O3S/c1-2-15-11(18)6-17-10-4-3-8(14)5-9(10)16-13(17)21-7-12(19)20/h3-5H,2,6-7H2,1H3,(H,15,18)(H,19,20). The van der Waals surface area contributed by atoms with Crippen molar-refractivity contribution in [3.05, 3.63) is 22.7 Å². The summed E-state index contributed by atoms with van der Waals surface area (Å²) in [5.74, 6) is -1.14. The third kappa shape index (κ3) is 3.98. The van der Waals surface area contributed by atoms with Gasteiger partial charge >= 0.3 is 5.97 Å². The van der Waals surface area contributed by atoms with E-state index in [1.54, 1.807) is 4.57 Å². The van der Waals surface area contributed by atoms with Gasteiger partial charge < -0.3 is 15.0 Å². The van der Waals surface area contributed by atoms with Crippen molar-refractivity contribution < 1.29 is 14.7 Å². The Balaban J connectivity index is 2.39. The van der Waals surface area contributed by atoms with Crippen molar-refractivity contribution in [1.82, 2.24) is 14.9 Å². The molecule has 0 bridgehead atoms. The largest absolute Gasteiger partial charge is 0.481 e. The average molecular weight is 372 g/mol. The highest BCUT2D eigenvalue weighted by Gasteiger charge is 2.15. The zero-order valence-corrected chi connectivity index (χ0v) is 13.7. The van der Waals surface area contributed by atoms with Gasteiger partial charge in [-0.2, -0.15) is 0 Å². The molecule has 21 heavy (non-hydrogen) atoms. The number of carbonyl (C=O) groups excluding carboxylic acids is 1. The molecule has 1 heterocycles. The molecule has 0 aliphatic rings. The summed E-state index contributed by atoms with van der Waals surface area (Å²) in [5.41, 5.74) is 1.53. The Bertz CT molecular complexity index is 687. The van der Waals surface area contributed by atoms with Crippen molar-refractivity contribution in [2.45, 2.75) is 18.6 Å². The van der Waals surface area contributed by atoms with Gasteiger partial charge in [-0.05, 0) is 25.1 Å². The number of halogens is 1. The molecule has 1 aromatic carbocycles.